The van der Waals surface area contributed by atoms with Crippen molar-refractivity contribution in [2.24, 2.45) is 0 Å². The van der Waals surface area contributed by atoms with Crippen molar-refractivity contribution < 1.29 is 27.7 Å². The summed E-state index contributed by atoms with van der Waals surface area (Å²) in [5, 5.41) is 10.8. The third-order valence-corrected chi connectivity index (χ3v) is 8.44. The monoisotopic (exact) mass is 555 g/mol. The maximum absolute atomic E-state index is 12.8. The highest BCUT2D eigenvalue weighted by Crippen LogP contribution is 2.36. The van der Waals surface area contributed by atoms with Crippen LogP contribution in [0.3, 0.4) is 0 Å². The number of ketones is 1. The highest BCUT2D eigenvalue weighted by atomic mass is 35.5. The molecule has 0 radical (unpaired) electrons. The Balaban J connectivity index is 1.59. The van der Waals surface area contributed by atoms with Crippen LogP contribution in [0.1, 0.15) is 23.7 Å². The highest BCUT2D eigenvalue weighted by Gasteiger charge is 2.30. The van der Waals surface area contributed by atoms with Crippen molar-refractivity contribution in [3.8, 4) is 5.75 Å². The molecule has 36 heavy (non-hydrogen) atoms. The molecule has 0 unspecified atom stereocenters. The van der Waals surface area contributed by atoms with Crippen molar-refractivity contribution in [2.45, 2.75) is 18.2 Å². The first kappa shape index (κ1) is 27.6. The van der Waals surface area contributed by atoms with Gasteiger partial charge in [-0.3, -0.25) is 19.7 Å². The number of carbonyl (C=O) groups is 2. The molecule has 1 saturated heterocycles. The van der Waals surface area contributed by atoms with Crippen LogP contribution in [0, 0.1) is 10.1 Å². The van der Waals surface area contributed by atoms with Crippen LogP contribution in [0.4, 0.5) is 5.69 Å². The maximum atomic E-state index is 12.8. The number of non-ortho nitro benzene ring substituents is 1. The van der Waals surface area contributed by atoms with Gasteiger partial charge < -0.3 is 9.64 Å². The van der Waals surface area contributed by atoms with Crippen molar-refractivity contribution in [1.82, 2.24) is 9.21 Å². The number of ether oxygens (including phenoxy) is 1. The number of nitrogens with zero attached hydrogens (tertiary/aromatic N) is 3. The molecule has 0 atom stereocenters. The molecule has 1 aliphatic rings. The van der Waals surface area contributed by atoms with E-state index in [1.54, 1.807) is 6.92 Å². The normalized spacial score (nSPS) is 14.4. The molecule has 0 bridgehead atoms. The summed E-state index contributed by atoms with van der Waals surface area (Å²) in [6.07, 6.45) is 0.460. The molecule has 0 aliphatic carbocycles. The van der Waals surface area contributed by atoms with E-state index in [1.165, 1.54) is 33.5 Å². The number of hydrogen-bond donors (Lipinski definition) is 0. The SMILES string of the molecule is C=C(CC)C(=O)c1ccc(OCC(=O)N2CCN(S(=O)(=O)c3ccc([N+](=O)[O-])cc3)CC2)c(Cl)c1Cl. The lowest BCUT2D eigenvalue weighted by Gasteiger charge is -2.34. The number of Topliss-reactive ketones (excluding diaryl/α,β-unsaturated/α-hetero) is 1. The fourth-order valence-electron chi connectivity index (χ4n) is 3.47. The van der Waals surface area contributed by atoms with E-state index in [4.69, 9.17) is 27.9 Å². The average molecular weight is 556 g/mol. The van der Waals surface area contributed by atoms with E-state index >= 15 is 0 Å². The number of sulfonamides is 1. The van der Waals surface area contributed by atoms with Crippen LogP contribution < -0.4 is 4.74 Å². The minimum Gasteiger partial charge on any atom is -0.482 e. The van der Waals surface area contributed by atoms with E-state index < -0.39 is 14.9 Å². The van der Waals surface area contributed by atoms with Gasteiger partial charge in [0.1, 0.15) is 10.8 Å². The number of allylic oxidation sites excluding steroid dienone is 1. The molecular formula is C23H23Cl2N3O7S. The number of nitro groups is 1. The van der Waals surface area contributed by atoms with Crippen molar-refractivity contribution in [1.29, 1.82) is 0 Å². The number of benzene rings is 2. The van der Waals surface area contributed by atoms with Crippen LogP contribution in [0.15, 0.2) is 53.4 Å². The van der Waals surface area contributed by atoms with E-state index in [2.05, 4.69) is 6.58 Å². The zero-order chi connectivity index (χ0) is 26.6. The summed E-state index contributed by atoms with van der Waals surface area (Å²) in [6, 6.07) is 7.54. The van der Waals surface area contributed by atoms with Crippen molar-refractivity contribution in [2.75, 3.05) is 32.8 Å². The third kappa shape index (κ3) is 5.86. The van der Waals surface area contributed by atoms with Gasteiger partial charge in [-0.05, 0) is 36.3 Å². The molecule has 0 N–H and O–H groups in total. The minimum atomic E-state index is -3.86. The Hall–Kier alpha value is -2.99. The summed E-state index contributed by atoms with van der Waals surface area (Å²) >= 11 is 12.5. The van der Waals surface area contributed by atoms with E-state index in [0.717, 1.165) is 12.1 Å². The second-order valence-electron chi connectivity index (χ2n) is 7.85. The van der Waals surface area contributed by atoms with E-state index in [0.29, 0.717) is 12.0 Å². The van der Waals surface area contributed by atoms with Gasteiger partial charge in [0.15, 0.2) is 12.4 Å². The lowest BCUT2D eigenvalue weighted by Crippen LogP contribution is -2.51. The number of piperazine rings is 1. The molecule has 10 nitrogen and oxygen atoms in total. The molecule has 192 valence electrons. The summed E-state index contributed by atoms with van der Waals surface area (Å²) in [6.45, 7) is 5.51. The maximum Gasteiger partial charge on any atom is 0.269 e. The van der Waals surface area contributed by atoms with Crippen molar-refractivity contribution >= 4 is 50.6 Å². The number of amides is 1. The van der Waals surface area contributed by atoms with Crippen LogP contribution in [0.25, 0.3) is 0 Å². The first-order chi connectivity index (χ1) is 17.0. The predicted octanol–water partition coefficient (Wildman–Crippen LogP) is 3.96. The molecule has 1 heterocycles. The predicted molar refractivity (Wildman–Crippen MR) is 134 cm³/mol. The Morgan fingerprint density at radius 2 is 1.67 bits per heavy atom. The first-order valence-electron chi connectivity index (χ1n) is 10.8. The van der Waals surface area contributed by atoms with Crippen LogP contribution in [-0.2, 0) is 14.8 Å². The third-order valence-electron chi connectivity index (χ3n) is 5.67. The number of carbonyl (C=O) groups excluding carboxylic acids is 2. The fourth-order valence-corrected chi connectivity index (χ4v) is 5.35. The molecule has 0 spiro atoms. The van der Waals surface area contributed by atoms with Gasteiger partial charge in [0.2, 0.25) is 10.0 Å². The highest BCUT2D eigenvalue weighted by molar-refractivity contribution is 7.89. The molecule has 2 aromatic rings. The van der Waals surface area contributed by atoms with Crippen LogP contribution in [0.2, 0.25) is 10.0 Å². The van der Waals surface area contributed by atoms with E-state index in [1.807, 2.05) is 0 Å². The standard InChI is InChI=1S/C23H23Cl2N3O7S/c1-3-15(2)23(30)18-8-9-19(22(25)21(18)24)35-14-20(29)26-10-12-27(13-11-26)36(33,34)17-6-4-16(5-7-17)28(31)32/h4-9H,2-3,10-14H2,1H3. The summed E-state index contributed by atoms with van der Waals surface area (Å²) < 4.78 is 32.4. The summed E-state index contributed by atoms with van der Waals surface area (Å²) in [5.74, 6) is -0.573. The molecule has 1 fully saturated rings. The zero-order valence-electron chi connectivity index (χ0n) is 19.3. The van der Waals surface area contributed by atoms with Crippen molar-refractivity contribution in [3.63, 3.8) is 0 Å². The minimum absolute atomic E-state index is 0.00164. The second-order valence-corrected chi connectivity index (χ2v) is 10.5. The van der Waals surface area contributed by atoms with Gasteiger partial charge in [-0.15, -0.1) is 0 Å². The molecule has 13 heteroatoms. The van der Waals surface area contributed by atoms with Gasteiger partial charge in [0, 0.05) is 43.9 Å². The van der Waals surface area contributed by atoms with E-state index in [9.17, 15) is 28.1 Å². The van der Waals surface area contributed by atoms with Crippen LogP contribution in [0.5, 0.6) is 5.75 Å². The zero-order valence-corrected chi connectivity index (χ0v) is 21.6. The number of nitro benzene ring substituents is 1. The smallest absolute Gasteiger partial charge is 0.269 e. The Morgan fingerprint density at radius 1 is 1.06 bits per heavy atom. The molecular weight excluding hydrogens is 533 g/mol. The van der Waals surface area contributed by atoms with E-state index in [-0.39, 0.29) is 76.4 Å². The molecule has 1 aliphatic heterocycles. The van der Waals surface area contributed by atoms with Gasteiger partial charge in [0.05, 0.1) is 14.8 Å². The molecule has 3 rings (SSSR count). The van der Waals surface area contributed by atoms with Crippen LogP contribution >= 0.6 is 23.2 Å². The fraction of sp³-hybridized carbons (Fsp3) is 0.304. The average Bonchev–Trinajstić information content (AvgIpc) is 2.88. The van der Waals surface area contributed by atoms with Gasteiger partial charge in [0.25, 0.3) is 11.6 Å². The first-order valence-corrected chi connectivity index (χ1v) is 13.0. The summed E-state index contributed by atoms with van der Waals surface area (Å²) in [5.41, 5.74) is 0.363. The molecule has 2 aromatic carbocycles. The van der Waals surface area contributed by atoms with Gasteiger partial charge in [-0.25, -0.2) is 8.42 Å². The number of hydrogen-bond acceptors (Lipinski definition) is 7. The lowest BCUT2D eigenvalue weighted by atomic mass is 10.0. The number of halogens is 2. The molecule has 0 saturated carbocycles. The second kappa shape index (κ2) is 11.4. The van der Waals surface area contributed by atoms with Gasteiger partial charge in [-0.1, -0.05) is 36.7 Å². The topological polar surface area (TPSA) is 127 Å². The Morgan fingerprint density at radius 3 is 2.22 bits per heavy atom. The summed E-state index contributed by atoms with van der Waals surface area (Å²) in [4.78, 5) is 36.5. The Kier molecular flexibility index (Phi) is 8.72. The Labute approximate surface area is 218 Å². The largest absolute Gasteiger partial charge is 0.482 e. The molecule has 0 aromatic heterocycles. The van der Waals surface area contributed by atoms with Gasteiger partial charge >= 0.3 is 0 Å². The summed E-state index contributed by atoms with van der Waals surface area (Å²) in [7, 11) is -3.86. The Bertz CT molecular complexity index is 1310. The van der Waals surface area contributed by atoms with Gasteiger partial charge in [-0.2, -0.15) is 4.31 Å². The lowest BCUT2D eigenvalue weighted by molar-refractivity contribution is -0.384. The quantitative estimate of drug-likeness (QED) is 0.198. The number of rotatable bonds is 9. The molecule has 1 amide bonds. The van der Waals surface area contributed by atoms with Crippen LogP contribution in [-0.4, -0.2) is 67.0 Å². The van der Waals surface area contributed by atoms with Crippen molar-refractivity contribution in [3.05, 3.63) is 74.3 Å².